The lowest BCUT2D eigenvalue weighted by atomic mass is 9.76. The Hall–Kier alpha value is -2.47. The molecule has 0 N–H and O–H groups in total. The van der Waals surface area contributed by atoms with Gasteiger partial charge in [-0.3, -0.25) is 9.59 Å². The zero-order valence-corrected chi connectivity index (χ0v) is 17.1. The van der Waals surface area contributed by atoms with Gasteiger partial charge in [-0.2, -0.15) is 4.31 Å². The number of aryl methyl sites for hydroxylation is 1. The smallest absolute Gasteiger partial charge is 0.273 e. The van der Waals surface area contributed by atoms with E-state index in [0.717, 1.165) is 5.56 Å². The SMILES string of the molecule is CC=CC1C(=O)N(S(=O)(=O)c2cccc(C)c2C)C(=O)C1(C=CC)C=CC. The summed E-state index contributed by atoms with van der Waals surface area (Å²) in [6.07, 6.45) is 9.75. The van der Waals surface area contributed by atoms with Crippen molar-refractivity contribution in [2.45, 2.75) is 39.5 Å². The lowest BCUT2D eigenvalue weighted by Gasteiger charge is -2.23. The van der Waals surface area contributed by atoms with Gasteiger partial charge in [0.15, 0.2) is 0 Å². The van der Waals surface area contributed by atoms with Crippen LogP contribution in [0.2, 0.25) is 0 Å². The van der Waals surface area contributed by atoms with E-state index in [1.54, 1.807) is 83.2 Å². The van der Waals surface area contributed by atoms with E-state index in [-0.39, 0.29) is 4.90 Å². The summed E-state index contributed by atoms with van der Waals surface area (Å²) in [7, 11) is -4.32. The normalized spacial score (nSPS) is 24.2. The fraction of sp³-hybridized carbons (Fsp3) is 0.333. The first kappa shape index (κ1) is 20.8. The second-order valence-corrected chi connectivity index (χ2v) is 8.30. The van der Waals surface area contributed by atoms with Gasteiger partial charge in [-0.1, -0.05) is 48.6 Å². The molecule has 1 aliphatic rings. The number of carbonyl (C=O) groups excluding carboxylic acids is 2. The van der Waals surface area contributed by atoms with Gasteiger partial charge in [0, 0.05) is 0 Å². The molecule has 1 aromatic rings. The molecule has 5 nitrogen and oxygen atoms in total. The van der Waals surface area contributed by atoms with E-state index in [1.165, 1.54) is 6.07 Å². The van der Waals surface area contributed by atoms with Crippen LogP contribution < -0.4 is 0 Å². The van der Waals surface area contributed by atoms with Crippen molar-refractivity contribution in [2.24, 2.45) is 11.3 Å². The van der Waals surface area contributed by atoms with Crippen LogP contribution >= 0.6 is 0 Å². The van der Waals surface area contributed by atoms with Gasteiger partial charge >= 0.3 is 0 Å². The van der Waals surface area contributed by atoms with Gasteiger partial charge < -0.3 is 0 Å². The number of rotatable bonds is 5. The van der Waals surface area contributed by atoms with Crippen LogP contribution in [-0.2, 0) is 19.6 Å². The number of hydrogen-bond donors (Lipinski definition) is 0. The van der Waals surface area contributed by atoms with Crippen LogP contribution in [0.5, 0.6) is 0 Å². The highest BCUT2D eigenvalue weighted by molar-refractivity contribution is 7.90. The quantitative estimate of drug-likeness (QED) is 0.571. The lowest BCUT2D eigenvalue weighted by molar-refractivity contribution is -0.134. The highest BCUT2D eigenvalue weighted by Crippen LogP contribution is 2.44. The van der Waals surface area contributed by atoms with Crippen molar-refractivity contribution in [3.63, 3.8) is 0 Å². The molecule has 1 saturated heterocycles. The molecular weight excluding hydrogens is 362 g/mol. The first-order valence-electron chi connectivity index (χ1n) is 8.79. The number of imide groups is 1. The number of amides is 2. The Morgan fingerprint density at radius 2 is 1.59 bits per heavy atom. The summed E-state index contributed by atoms with van der Waals surface area (Å²) in [5.74, 6) is -2.41. The molecule has 6 heteroatoms. The molecule has 1 unspecified atom stereocenters. The number of sulfonamides is 1. The van der Waals surface area contributed by atoms with Crippen molar-refractivity contribution in [1.82, 2.24) is 4.31 Å². The standard InChI is InChI=1S/C21H25NO4S/c1-6-10-17-19(23)22(20(24)21(17,13-7-2)14-8-3)27(25,26)18-12-9-11-15(4)16(18)5/h6-14,17H,1-5H3. The van der Waals surface area contributed by atoms with Crippen LogP contribution in [0.1, 0.15) is 31.9 Å². The van der Waals surface area contributed by atoms with Gasteiger partial charge in [0.25, 0.3) is 21.8 Å². The minimum Gasteiger partial charge on any atom is -0.273 e. The summed E-state index contributed by atoms with van der Waals surface area (Å²) >= 11 is 0. The van der Waals surface area contributed by atoms with E-state index < -0.39 is 33.2 Å². The lowest BCUT2D eigenvalue weighted by Crippen LogP contribution is -2.39. The molecule has 0 saturated carbocycles. The van der Waals surface area contributed by atoms with E-state index in [2.05, 4.69) is 0 Å². The van der Waals surface area contributed by atoms with Gasteiger partial charge in [0.2, 0.25) is 0 Å². The summed E-state index contributed by atoms with van der Waals surface area (Å²) in [6, 6.07) is 4.82. The van der Waals surface area contributed by atoms with Crippen molar-refractivity contribution < 1.29 is 18.0 Å². The number of hydrogen-bond acceptors (Lipinski definition) is 4. The molecule has 1 aliphatic heterocycles. The van der Waals surface area contributed by atoms with Crippen molar-refractivity contribution >= 4 is 21.8 Å². The zero-order valence-electron chi connectivity index (χ0n) is 16.3. The summed E-state index contributed by atoms with van der Waals surface area (Å²) in [6.45, 7) is 8.65. The second-order valence-electron chi connectivity index (χ2n) is 6.55. The number of nitrogens with zero attached hydrogens (tertiary/aromatic N) is 1. The van der Waals surface area contributed by atoms with Crippen LogP contribution in [0, 0.1) is 25.2 Å². The van der Waals surface area contributed by atoms with E-state index in [4.69, 9.17) is 0 Å². The van der Waals surface area contributed by atoms with Crippen molar-refractivity contribution in [3.8, 4) is 0 Å². The highest BCUT2D eigenvalue weighted by atomic mass is 32.2. The van der Waals surface area contributed by atoms with Crippen LogP contribution in [0.15, 0.2) is 59.6 Å². The molecule has 1 fully saturated rings. The van der Waals surface area contributed by atoms with Gasteiger partial charge in [0.1, 0.15) is 5.41 Å². The Bertz CT molecular complexity index is 942. The molecule has 1 heterocycles. The van der Waals surface area contributed by atoms with Crippen LogP contribution in [0.3, 0.4) is 0 Å². The Kier molecular flexibility index (Phi) is 5.90. The summed E-state index contributed by atoms with van der Waals surface area (Å²) in [4.78, 5) is 26.4. The fourth-order valence-corrected chi connectivity index (χ4v) is 5.18. The molecule has 1 atom stereocenters. The molecular formula is C21H25NO4S. The van der Waals surface area contributed by atoms with E-state index >= 15 is 0 Å². The molecule has 0 radical (unpaired) electrons. The van der Waals surface area contributed by atoms with Crippen molar-refractivity contribution in [2.75, 3.05) is 0 Å². The number of allylic oxidation sites excluding steroid dienone is 3. The predicted octanol–water partition coefficient (Wildman–Crippen LogP) is 3.69. The first-order valence-corrected chi connectivity index (χ1v) is 10.2. The average molecular weight is 388 g/mol. The molecule has 0 bridgehead atoms. The average Bonchev–Trinajstić information content (AvgIpc) is 2.80. The maximum absolute atomic E-state index is 13.3. The third-order valence-corrected chi connectivity index (χ3v) is 6.70. The molecule has 2 rings (SSSR count). The molecule has 2 amide bonds. The van der Waals surface area contributed by atoms with E-state index in [9.17, 15) is 18.0 Å². The third-order valence-electron chi connectivity index (χ3n) is 4.88. The van der Waals surface area contributed by atoms with Gasteiger partial charge in [-0.05, 0) is 51.8 Å². The van der Waals surface area contributed by atoms with Crippen molar-refractivity contribution in [3.05, 3.63) is 65.8 Å². The van der Waals surface area contributed by atoms with E-state index in [1.807, 2.05) is 0 Å². The second kappa shape index (κ2) is 7.64. The molecule has 0 aliphatic carbocycles. The van der Waals surface area contributed by atoms with Crippen LogP contribution in [0.25, 0.3) is 0 Å². The number of carbonyl (C=O) groups is 2. The van der Waals surface area contributed by atoms with Gasteiger partial charge in [0.05, 0.1) is 10.8 Å². The summed E-state index contributed by atoms with van der Waals surface area (Å²) in [5.41, 5.74) is -0.0543. The predicted molar refractivity (Wildman–Crippen MR) is 105 cm³/mol. The Morgan fingerprint density at radius 1 is 1.00 bits per heavy atom. The summed E-state index contributed by atoms with van der Waals surface area (Å²) < 4.78 is 27.0. The van der Waals surface area contributed by atoms with Gasteiger partial charge in [-0.25, -0.2) is 8.42 Å². The Balaban J connectivity index is 2.76. The maximum atomic E-state index is 13.3. The topological polar surface area (TPSA) is 71.5 Å². The van der Waals surface area contributed by atoms with Crippen LogP contribution in [0.4, 0.5) is 0 Å². The van der Waals surface area contributed by atoms with Gasteiger partial charge in [-0.15, -0.1) is 0 Å². The molecule has 0 spiro atoms. The Morgan fingerprint density at radius 3 is 2.11 bits per heavy atom. The van der Waals surface area contributed by atoms with E-state index in [0.29, 0.717) is 9.87 Å². The molecule has 0 aromatic heterocycles. The Labute approximate surface area is 161 Å². The maximum Gasteiger partial charge on any atom is 0.273 e. The van der Waals surface area contributed by atoms with Crippen molar-refractivity contribution in [1.29, 1.82) is 0 Å². The zero-order chi connectivity index (χ0) is 20.4. The minimum atomic E-state index is -4.32. The minimum absolute atomic E-state index is 0.0276. The van der Waals surface area contributed by atoms with Crippen LogP contribution in [-0.4, -0.2) is 24.5 Å². The summed E-state index contributed by atoms with van der Waals surface area (Å²) in [5, 5.41) is 0. The number of benzene rings is 1. The monoisotopic (exact) mass is 387 g/mol. The molecule has 1 aromatic carbocycles. The molecule has 144 valence electrons. The first-order chi connectivity index (χ1) is 12.7. The highest BCUT2D eigenvalue weighted by Gasteiger charge is 2.59. The third kappa shape index (κ3) is 3.18. The largest absolute Gasteiger partial charge is 0.273 e. The fourth-order valence-electron chi connectivity index (χ4n) is 3.46. The molecule has 27 heavy (non-hydrogen) atoms.